The summed E-state index contributed by atoms with van der Waals surface area (Å²) in [5.41, 5.74) is 3.22. The number of nitro benzene ring substituents is 1. The summed E-state index contributed by atoms with van der Waals surface area (Å²) >= 11 is 0. The number of nitrogens with one attached hydrogen (secondary N) is 2. The first-order chi connectivity index (χ1) is 9.16. The Bertz CT molecular complexity index is 604. The van der Waals surface area contributed by atoms with Gasteiger partial charge in [-0.2, -0.15) is 10.2 Å². The van der Waals surface area contributed by atoms with Crippen LogP contribution < -0.4 is 5.43 Å². The predicted octanol–water partition coefficient (Wildman–Crippen LogP) is 1.08. The van der Waals surface area contributed by atoms with Gasteiger partial charge in [0.05, 0.1) is 11.1 Å². The molecule has 0 unspecified atom stereocenters. The van der Waals surface area contributed by atoms with Crippen LogP contribution in [0.2, 0.25) is 0 Å². The third kappa shape index (κ3) is 3.22. The van der Waals surface area contributed by atoms with Crippen molar-refractivity contribution in [3.05, 3.63) is 57.9 Å². The lowest BCUT2D eigenvalue weighted by Crippen LogP contribution is -2.17. The second-order valence-electron chi connectivity index (χ2n) is 3.52. The lowest BCUT2D eigenvalue weighted by atomic mass is 10.2. The van der Waals surface area contributed by atoms with Crippen molar-refractivity contribution >= 4 is 17.8 Å². The Balaban J connectivity index is 1.95. The molecular formula is C11H9N5O3. The number of non-ortho nitro benzene ring substituents is 1. The van der Waals surface area contributed by atoms with Crippen molar-refractivity contribution < 1.29 is 9.72 Å². The molecule has 96 valence electrons. The van der Waals surface area contributed by atoms with Gasteiger partial charge in [0.25, 0.3) is 11.6 Å². The monoisotopic (exact) mass is 259 g/mol. The van der Waals surface area contributed by atoms with E-state index in [1.807, 2.05) is 0 Å². The zero-order valence-electron chi connectivity index (χ0n) is 9.61. The molecule has 0 aliphatic rings. The van der Waals surface area contributed by atoms with Crippen molar-refractivity contribution in [1.29, 1.82) is 0 Å². The lowest BCUT2D eigenvalue weighted by molar-refractivity contribution is -0.384. The summed E-state index contributed by atoms with van der Waals surface area (Å²) in [5, 5.41) is 20.3. The van der Waals surface area contributed by atoms with E-state index in [9.17, 15) is 14.9 Å². The molecule has 0 radical (unpaired) electrons. The number of aromatic amines is 1. The molecule has 0 fully saturated rings. The van der Waals surface area contributed by atoms with E-state index in [4.69, 9.17) is 0 Å². The number of carbonyl (C=O) groups excluding carboxylic acids is 1. The molecule has 0 saturated carbocycles. The Morgan fingerprint density at radius 1 is 1.37 bits per heavy atom. The quantitative estimate of drug-likeness (QED) is 0.485. The number of H-pyrrole nitrogens is 1. The highest BCUT2D eigenvalue weighted by Crippen LogP contribution is 2.10. The fourth-order valence-corrected chi connectivity index (χ4v) is 1.29. The van der Waals surface area contributed by atoms with Crippen LogP contribution in [0.1, 0.15) is 16.1 Å². The van der Waals surface area contributed by atoms with Crippen molar-refractivity contribution in [3.8, 4) is 0 Å². The van der Waals surface area contributed by atoms with Crippen LogP contribution in [0.5, 0.6) is 0 Å². The molecule has 0 aliphatic heterocycles. The molecule has 19 heavy (non-hydrogen) atoms. The van der Waals surface area contributed by atoms with Crippen molar-refractivity contribution in [2.45, 2.75) is 0 Å². The summed E-state index contributed by atoms with van der Waals surface area (Å²) in [4.78, 5) is 21.4. The number of hydrazone groups is 1. The Morgan fingerprint density at radius 2 is 2.11 bits per heavy atom. The number of hydrogen-bond acceptors (Lipinski definition) is 5. The van der Waals surface area contributed by atoms with Crippen LogP contribution in [-0.2, 0) is 0 Å². The van der Waals surface area contributed by atoms with Gasteiger partial charge in [-0.1, -0.05) is 0 Å². The molecule has 2 N–H and O–H groups in total. The molecule has 2 aromatic rings. The zero-order chi connectivity index (χ0) is 13.7. The fourth-order valence-electron chi connectivity index (χ4n) is 1.29. The van der Waals surface area contributed by atoms with E-state index in [2.05, 4.69) is 20.7 Å². The minimum Gasteiger partial charge on any atom is -0.273 e. The Morgan fingerprint density at radius 3 is 2.68 bits per heavy atom. The van der Waals surface area contributed by atoms with E-state index in [1.165, 1.54) is 42.7 Å². The number of hydrogen-bond donors (Lipinski definition) is 2. The first-order valence-electron chi connectivity index (χ1n) is 5.24. The van der Waals surface area contributed by atoms with Crippen LogP contribution >= 0.6 is 0 Å². The average Bonchev–Trinajstić information content (AvgIpc) is 2.93. The van der Waals surface area contributed by atoms with Gasteiger partial charge in [0.1, 0.15) is 5.69 Å². The van der Waals surface area contributed by atoms with Gasteiger partial charge >= 0.3 is 0 Å². The molecule has 8 heteroatoms. The van der Waals surface area contributed by atoms with Gasteiger partial charge in [0.15, 0.2) is 0 Å². The summed E-state index contributed by atoms with van der Waals surface area (Å²) in [6.07, 6.45) is 2.84. The Labute approximate surface area is 107 Å². The molecule has 2 rings (SSSR count). The van der Waals surface area contributed by atoms with Gasteiger partial charge < -0.3 is 0 Å². The first-order valence-corrected chi connectivity index (χ1v) is 5.24. The standard InChI is InChI=1S/C11H9N5O3/c17-11(10-5-6-12-14-10)15-13-7-8-1-3-9(4-2-8)16(18)19/h1-7H,(H,12,14)(H,15,17)/b13-7-. The fraction of sp³-hybridized carbons (Fsp3) is 0. The second-order valence-corrected chi connectivity index (χ2v) is 3.52. The third-order valence-corrected chi connectivity index (χ3v) is 2.23. The predicted molar refractivity (Wildman–Crippen MR) is 66.7 cm³/mol. The van der Waals surface area contributed by atoms with E-state index in [1.54, 1.807) is 0 Å². The Hall–Kier alpha value is -3.03. The molecule has 1 amide bonds. The first kappa shape index (κ1) is 12.4. The highest BCUT2D eigenvalue weighted by molar-refractivity contribution is 5.92. The molecule has 0 saturated heterocycles. The van der Waals surface area contributed by atoms with Crippen molar-refractivity contribution in [2.24, 2.45) is 5.10 Å². The number of amides is 1. The maximum Gasteiger partial charge on any atom is 0.289 e. The molecule has 8 nitrogen and oxygen atoms in total. The molecule has 0 spiro atoms. The van der Waals surface area contributed by atoms with E-state index in [0.717, 1.165) is 0 Å². The molecule has 0 atom stereocenters. The molecular weight excluding hydrogens is 250 g/mol. The van der Waals surface area contributed by atoms with Crippen LogP contribution in [0.15, 0.2) is 41.6 Å². The van der Waals surface area contributed by atoms with Crippen molar-refractivity contribution in [3.63, 3.8) is 0 Å². The minimum absolute atomic E-state index is 0.00125. The van der Waals surface area contributed by atoms with Crippen LogP contribution in [0, 0.1) is 10.1 Å². The van der Waals surface area contributed by atoms with E-state index in [0.29, 0.717) is 11.3 Å². The number of benzene rings is 1. The summed E-state index contributed by atoms with van der Waals surface area (Å²) in [7, 11) is 0. The van der Waals surface area contributed by atoms with Crippen LogP contribution in [-0.4, -0.2) is 27.2 Å². The SMILES string of the molecule is O=C(N/N=C\c1ccc([N+](=O)[O-])cc1)c1ccn[nH]1. The third-order valence-electron chi connectivity index (χ3n) is 2.23. The van der Waals surface area contributed by atoms with E-state index < -0.39 is 10.8 Å². The van der Waals surface area contributed by atoms with E-state index in [-0.39, 0.29) is 5.69 Å². The number of nitro groups is 1. The molecule has 1 aromatic heterocycles. The second kappa shape index (κ2) is 5.54. The highest BCUT2D eigenvalue weighted by Gasteiger charge is 2.04. The van der Waals surface area contributed by atoms with Gasteiger partial charge in [-0.05, 0) is 23.8 Å². The number of rotatable bonds is 4. The van der Waals surface area contributed by atoms with Gasteiger partial charge in [0, 0.05) is 18.3 Å². The summed E-state index contributed by atoms with van der Waals surface area (Å²) < 4.78 is 0. The summed E-state index contributed by atoms with van der Waals surface area (Å²) in [6.45, 7) is 0. The summed E-state index contributed by atoms with van der Waals surface area (Å²) in [6, 6.07) is 7.29. The molecule has 0 bridgehead atoms. The number of carbonyl (C=O) groups is 1. The maximum atomic E-state index is 11.5. The van der Waals surface area contributed by atoms with Crippen molar-refractivity contribution in [2.75, 3.05) is 0 Å². The highest BCUT2D eigenvalue weighted by atomic mass is 16.6. The van der Waals surface area contributed by atoms with Crippen LogP contribution in [0.25, 0.3) is 0 Å². The van der Waals surface area contributed by atoms with Crippen LogP contribution in [0.4, 0.5) is 5.69 Å². The molecule has 1 heterocycles. The lowest BCUT2D eigenvalue weighted by Gasteiger charge is -1.96. The molecule has 0 aliphatic carbocycles. The molecule has 1 aromatic carbocycles. The number of nitrogens with zero attached hydrogens (tertiary/aromatic N) is 3. The Kier molecular flexibility index (Phi) is 3.62. The average molecular weight is 259 g/mol. The largest absolute Gasteiger partial charge is 0.289 e. The van der Waals surface area contributed by atoms with Gasteiger partial charge in [0.2, 0.25) is 0 Å². The van der Waals surface area contributed by atoms with Crippen LogP contribution in [0.3, 0.4) is 0 Å². The minimum atomic E-state index is -0.485. The van der Waals surface area contributed by atoms with E-state index >= 15 is 0 Å². The van der Waals surface area contributed by atoms with Gasteiger partial charge in [-0.15, -0.1) is 0 Å². The normalized spacial score (nSPS) is 10.5. The van der Waals surface area contributed by atoms with Gasteiger partial charge in [-0.25, -0.2) is 5.43 Å². The summed E-state index contributed by atoms with van der Waals surface area (Å²) in [5.74, 6) is -0.421. The topological polar surface area (TPSA) is 113 Å². The van der Waals surface area contributed by atoms with Gasteiger partial charge in [-0.3, -0.25) is 20.0 Å². The van der Waals surface area contributed by atoms with Crippen molar-refractivity contribution in [1.82, 2.24) is 15.6 Å². The maximum absolute atomic E-state index is 11.5. The number of aromatic nitrogens is 2. The smallest absolute Gasteiger partial charge is 0.273 e. The zero-order valence-corrected chi connectivity index (χ0v) is 9.61.